The molecule has 0 spiro atoms. The molecule has 1 aromatic carbocycles. The fourth-order valence-electron chi connectivity index (χ4n) is 2.54. The molecular formula is C14H20NO+. The highest BCUT2D eigenvalue weighted by atomic mass is 16.3. The van der Waals surface area contributed by atoms with Crippen LogP contribution < -0.4 is 0 Å². The van der Waals surface area contributed by atoms with Crippen molar-refractivity contribution in [2.24, 2.45) is 0 Å². The first-order valence-corrected chi connectivity index (χ1v) is 5.88. The second-order valence-electron chi connectivity index (χ2n) is 4.96. The Hall–Kier alpha value is -1.15. The van der Waals surface area contributed by atoms with Gasteiger partial charge in [-0.05, 0) is 32.4 Å². The molecule has 1 aliphatic heterocycles. The number of aliphatic hydroxyl groups is 1. The minimum atomic E-state index is 0.0799. The van der Waals surface area contributed by atoms with E-state index in [-0.39, 0.29) is 12.0 Å². The van der Waals surface area contributed by atoms with Crippen LogP contribution in [0.1, 0.15) is 38.8 Å². The molecule has 86 valence electrons. The first kappa shape index (κ1) is 11.3. The van der Waals surface area contributed by atoms with Gasteiger partial charge < -0.3 is 5.11 Å². The van der Waals surface area contributed by atoms with Gasteiger partial charge in [0.05, 0.1) is 12.0 Å². The van der Waals surface area contributed by atoms with Crippen LogP contribution in [0.2, 0.25) is 0 Å². The topological polar surface area (TPSA) is 23.2 Å². The number of hydrogen-bond acceptors (Lipinski definition) is 1. The maximum absolute atomic E-state index is 9.21. The number of nitrogens with zero attached hydrogens (tertiary/aromatic N) is 1. The lowest BCUT2D eigenvalue weighted by Crippen LogP contribution is -2.26. The van der Waals surface area contributed by atoms with Crippen molar-refractivity contribution < 1.29 is 9.68 Å². The first-order chi connectivity index (χ1) is 7.52. The van der Waals surface area contributed by atoms with Crippen LogP contribution in [-0.4, -0.2) is 21.9 Å². The van der Waals surface area contributed by atoms with Crippen molar-refractivity contribution in [2.75, 3.05) is 6.54 Å². The summed E-state index contributed by atoms with van der Waals surface area (Å²) >= 11 is 0. The summed E-state index contributed by atoms with van der Waals surface area (Å²) in [6.45, 7) is 9.99. The van der Waals surface area contributed by atoms with Crippen LogP contribution in [0.3, 0.4) is 0 Å². The SMILES string of the molecule is CC[N+]1=C(C)C(C)(C)c2cc(CO)ccc21. The zero-order valence-corrected chi connectivity index (χ0v) is 10.5. The number of benzene rings is 1. The minimum absolute atomic E-state index is 0.0799. The lowest BCUT2D eigenvalue weighted by molar-refractivity contribution is -0.434. The lowest BCUT2D eigenvalue weighted by Gasteiger charge is -2.15. The maximum Gasteiger partial charge on any atom is 0.209 e. The molecule has 0 amide bonds. The van der Waals surface area contributed by atoms with Crippen molar-refractivity contribution in [3.05, 3.63) is 29.3 Å². The molecule has 1 heterocycles. The van der Waals surface area contributed by atoms with E-state index in [1.165, 1.54) is 17.0 Å². The van der Waals surface area contributed by atoms with E-state index in [4.69, 9.17) is 0 Å². The Morgan fingerprint density at radius 1 is 1.31 bits per heavy atom. The number of hydrogen-bond donors (Lipinski definition) is 1. The third-order valence-corrected chi connectivity index (χ3v) is 3.83. The van der Waals surface area contributed by atoms with Crippen molar-refractivity contribution in [2.45, 2.75) is 39.7 Å². The largest absolute Gasteiger partial charge is 0.392 e. The normalized spacial score (nSPS) is 17.8. The molecule has 0 saturated carbocycles. The van der Waals surface area contributed by atoms with Gasteiger partial charge in [0.15, 0.2) is 5.71 Å². The van der Waals surface area contributed by atoms with E-state index in [1.54, 1.807) is 0 Å². The van der Waals surface area contributed by atoms with Gasteiger partial charge in [0.1, 0.15) is 6.54 Å². The molecule has 0 fully saturated rings. The molecule has 1 aliphatic rings. The Morgan fingerprint density at radius 3 is 2.56 bits per heavy atom. The van der Waals surface area contributed by atoms with E-state index in [1.807, 2.05) is 6.07 Å². The Morgan fingerprint density at radius 2 is 2.00 bits per heavy atom. The second kappa shape index (κ2) is 3.70. The fourth-order valence-corrected chi connectivity index (χ4v) is 2.54. The molecule has 2 nitrogen and oxygen atoms in total. The molecule has 0 atom stereocenters. The molecule has 2 rings (SSSR count). The fraction of sp³-hybridized carbons (Fsp3) is 0.500. The van der Waals surface area contributed by atoms with Crippen LogP contribution in [0.5, 0.6) is 0 Å². The highest BCUT2D eigenvalue weighted by molar-refractivity contribution is 5.93. The van der Waals surface area contributed by atoms with E-state index in [0.29, 0.717) is 0 Å². The van der Waals surface area contributed by atoms with Crippen molar-refractivity contribution in [3.63, 3.8) is 0 Å². The quantitative estimate of drug-likeness (QED) is 0.758. The molecule has 0 aromatic heterocycles. The van der Waals surface area contributed by atoms with Gasteiger partial charge in [0, 0.05) is 18.6 Å². The molecule has 0 radical (unpaired) electrons. The van der Waals surface area contributed by atoms with Crippen molar-refractivity contribution in [3.8, 4) is 0 Å². The van der Waals surface area contributed by atoms with Crippen LogP contribution in [0.25, 0.3) is 0 Å². The molecule has 0 saturated heterocycles. The van der Waals surface area contributed by atoms with Gasteiger partial charge in [0.25, 0.3) is 0 Å². The molecule has 2 heteroatoms. The average molecular weight is 218 g/mol. The summed E-state index contributed by atoms with van der Waals surface area (Å²) in [5.74, 6) is 0. The van der Waals surface area contributed by atoms with Gasteiger partial charge in [-0.25, -0.2) is 0 Å². The van der Waals surface area contributed by atoms with Gasteiger partial charge in [-0.3, -0.25) is 0 Å². The van der Waals surface area contributed by atoms with Gasteiger partial charge >= 0.3 is 0 Å². The summed E-state index contributed by atoms with van der Waals surface area (Å²) in [7, 11) is 0. The Bertz CT molecular complexity index is 458. The Balaban J connectivity index is 2.64. The van der Waals surface area contributed by atoms with Gasteiger partial charge in [-0.1, -0.05) is 6.07 Å². The van der Waals surface area contributed by atoms with Crippen molar-refractivity contribution in [1.82, 2.24) is 0 Å². The zero-order valence-electron chi connectivity index (χ0n) is 10.5. The summed E-state index contributed by atoms with van der Waals surface area (Å²) in [6.07, 6.45) is 0. The van der Waals surface area contributed by atoms with Gasteiger partial charge in [0.2, 0.25) is 5.69 Å². The molecule has 1 aromatic rings. The van der Waals surface area contributed by atoms with E-state index in [9.17, 15) is 5.11 Å². The standard InChI is InChI=1S/C14H20NO/c1-5-15-10(2)14(3,4)12-8-11(9-16)6-7-13(12)15/h6-8,16H,5,9H2,1-4H3/q+1. The summed E-state index contributed by atoms with van der Waals surface area (Å²) < 4.78 is 2.36. The predicted octanol–water partition coefficient (Wildman–Crippen LogP) is 2.59. The third-order valence-electron chi connectivity index (χ3n) is 3.83. The summed E-state index contributed by atoms with van der Waals surface area (Å²) in [5.41, 5.74) is 5.09. The monoisotopic (exact) mass is 218 g/mol. The summed E-state index contributed by atoms with van der Waals surface area (Å²) in [4.78, 5) is 0. The number of aliphatic hydroxyl groups excluding tert-OH is 1. The van der Waals surface area contributed by atoms with Crippen LogP contribution in [0.15, 0.2) is 18.2 Å². The van der Waals surface area contributed by atoms with Crippen molar-refractivity contribution in [1.29, 1.82) is 0 Å². The Kier molecular flexibility index (Phi) is 2.62. The van der Waals surface area contributed by atoms with Crippen molar-refractivity contribution >= 4 is 11.4 Å². The van der Waals surface area contributed by atoms with Crippen LogP contribution >= 0.6 is 0 Å². The molecule has 0 bridgehead atoms. The van der Waals surface area contributed by atoms with E-state index in [2.05, 4.69) is 44.4 Å². The third kappa shape index (κ3) is 1.40. The van der Waals surface area contributed by atoms with E-state index >= 15 is 0 Å². The lowest BCUT2D eigenvalue weighted by atomic mass is 9.82. The average Bonchev–Trinajstić information content (AvgIpc) is 2.47. The van der Waals surface area contributed by atoms with Crippen LogP contribution in [0, 0.1) is 0 Å². The van der Waals surface area contributed by atoms with Gasteiger partial charge in [-0.2, -0.15) is 4.58 Å². The first-order valence-electron chi connectivity index (χ1n) is 5.88. The molecule has 1 N–H and O–H groups in total. The smallest absolute Gasteiger partial charge is 0.209 e. The zero-order chi connectivity index (χ0) is 11.9. The Labute approximate surface area is 97.2 Å². The highest BCUT2D eigenvalue weighted by Gasteiger charge is 2.42. The molecular weight excluding hydrogens is 198 g/mol. The molecule has 0 unspecified atom stereocenters. The second-order valence-corrected chi connectivity index (χ2v) is 4.96. The summed E-state index contributed by atoms with van der Waals surface area (Å²) in [5, 5.41) is 9.21. The minimum Gasteiger partial charge on any atom is -0.392 e. The highest BCUT2D eigenvalue weighted by Crippen LogP contribution is 2.39. The van der Waals surface area contributed by atoms with Gasteiger partial charge in [-0.15, -0.1) is 0 Å². The number of rotatable bonds is 2. The van der Waals surface area contributed by atoms with E-state index in [0.717, 1.165) is 12.1 Å². The predicted molar refractivity (Wildman–Crippen MR) is 66.5 cm³/mol. The maximum atomic E-state index is 9.21. The van der Waals surface area contributed by atoms with E-state index < -0.39 is 0 Å². The summed E-state index contributed by atoms with van der Waals surface area (Å²) in [6, 6.07) is 6.27. The number of fused-ring (bicyclic) bond motifs is 1. The van der Waals surface area contributed by atoms with Crippen LogP contribution in [-0.2, 0) is 12.0 Å². The van der Waals surface area contributed by atoms with Crippen LogP contribution in [0.4, 0.5) is 5.69 Å². The molecule has 16 heavy (non-hydrogen) atoms. The molecule has 0 aliphatic carbocycles.